The van der Waals surface area contributed by atoms with E-state index in [1.807, 2.05) is 0 Å². The van der Waals surface area contributed by atoms with Crippen molar-refractivity contribution < 1.29 is 14.3 Å². The molecule has 3 aromatic rings. The molecular formula is C22H21FN6O2. The molecule has 0 aliphatic carbocycles. The summed E-state index contributed by atoms with van der Waals surface area (Å²) in [6.07, 6.45) is 8.87. The normalized spacial score (nSPS) is 13.7. The molecule has 2 aromatic heterocycles. The van der Waals surface area contributed by atoms with Gasteiger partial charge in [-0.15, -0.1) is 0 Å². The van der Waals surface area contributed by atoms with Crippen molar-refractivity contribution in [3.05, 3.63) is 77.4 Å². The van der Waals surface area contributed by atoms with Gasteiger partial charge in [-0.25, -0.2) is 14.4 Å². The average Bonchev–Trinajstić information content (AvgIpc) is 2.74. The van der Waals surface area contributed by atoms with Crippen LogP contribution in [-0.2, 0) is 13.0 Å². The number of carbonyl (C=O) groups excluding carboxylic acids is 1. The van der Waals surface area contributed by atoms with Crippen LogP contribution in [0.25, 0.3) is 6.08 Å². The number of phenols is 1. The lowest BCUT2D eigenvalue weighted by Crippen LogP contribution is -2.27. The molecule has 9 heteroatoms. The first-order valence-corrected chi connectivity index (χ1v) is 9.69. The zero-order chi connectivity index (χ0) is 21.8. The van der Waals surface area contributed by atoms with Gasteiger partial charge in [0.2, 0.25) is 0 Å². The van der Waals surface area contributed by atoms with Gasteiger partial charge in [0.15, 0.2) is 0 Å². The first-order chi connectivity index (χ1) is 15.0. The number of halogens is 1. The monoisotopic (exact) mass is 420 g/mol. The maximum absolute atomic E-state index is 14.0. The van der Waals surface area contributed by atoms with Gasteiger partial charge in [-0.1, -0.05) is 6.07 Å². The van der Waals surface area contributed by atoms with Gasteiger partial charge in [-0.2, -0.15) is 0 Å². The molecule has 1 amide bonds. The highest BCUT2D eigenvalue weighted by Gasteiger charge is 2.18. The minimum atomic E-state index is -0.823. The van der Waals surface area contributed by atoms with Gasteiger partial charge in [-0.05, 0) is 36.9 Å². The highest BCUT2D eigenvalue weighted by molar-refractivity contribution is 6.06. The van der Waals surface area contributed by atoms with Crippen LogP contribution in [0.15, 0.2) is 49.2 Å². The van der Waals surface area contributed by atoms with Crippen LogP contribution < -0.4 is 10.6 Å². The topological polar surface area (TPSA) is 103 Å². The van der Waals surface area contributed by atoms with Crippen LogP contribution in [0, 0.1) is 5.82 Å². The number of likely N-dealkylation sites (N-methyl/N-ethyl adjacent to an activating group) is 1. The number of amides is 1. The molecule has 0 saturated carbocycles. The Labute approximate surface area is 178 Å². The molecular weight excluding hydrogens is 399 g/mol. The third kappa shape index (κ3) is 4.67. The first-order valence-electron chi connectivity index (χ1n) is 9.69. The van der Waals surface area contributed by atoms with E-state index in [2.05, 4.69) is 43.6 Å². The maximum atomic E-state index is 14.0. The summed E-state index contributed by atoms with van der Waals surface area (Å²) in [5, 5.41) is 15.5. The van der Waals surface area contributed by atoms with Crippen LogP contribution >= 0.6 is 0 Å². The van der Waals surface area contributed by atoms with Crippen LogP contribution in [0.3, 0.4) is 0 Å². The molecule has 1 aliphatic rings. The zero-order valence-corrected chi connectivity index (χ0v) is 16.8. The molecule has 1 aliphatic heterocycles. The molecule has 0 radical (unpaired) electrons. The minimum absolute atomic E-state index is 0.186. The van der Waals surface area contributed by atoms with Crippen molar-refractivity contribution in [3.63, 3.8) is 0 Å². The third-order valence-corrected chi connectivity index (χ3v) is 4.93. The molecule has 0 saturated heterocycles. The molecule has 158 valence electrons. The Balaban J connectivity index is 1.48. The second kappa shape index (κ2) is 8.88. The summed E-state index contributed by atoms with van der Waals surface area (Å²) >= 11 is 0. The summed E-state index contributed by atoms with van der Waals surface area (Å²) < 4.78 is 14.0. The molecule has 4 rings (SSSR count). The Bertz CT molecular complexity index is 1130. The molecule has 1 aromatic carbocycles. The lowest BCUT2D eigenvalue weighted by atomic mass is 10.1. The standard InChI is InChI=1S/C22H21FN6O2/c1-29-8-6-18-15(12-29)9-16(11-26-18)25-7-5-14-10-24-13-27-21(14)28-22(31)20-17(23)3-2-4-19(20)30/h2-5,7,9-11,13,25,30H,6,8,12H2,1H3,(H,24,27,28,31). The number of hydrogen-bond acceptors (Lipinski definition) is 7. The number of rotatable bonds is 5. The van der Waals surface area contributed by atoms with Gasteiger partial charge < -0.3 is 20.6 Å². The Hall–Kier alpha value is -3.85. The molecule has 3 heterocycles. The van der Waals surface area contributed by atoms with Crippen molar-refractivity contribution in [3.8, 4) is 5.75 Å². The quantitative estimate of drug-likeness (QED) is 0.583. The van der Waals surface area contributed by atoms with E-state index in [0.29, 0.717) is 5.56 Å². The van der Waals surface area contributed by atoms with E-state index in [1.165, 1.54) is 30.2 Å². The number of fused-ring (bicyclic) bond motifs is 1. The predicted octanol–water partition coefficient (Wildman–Crippen LogP) is 3.04. The molecule has 3 N–H and O–H groups in total. The van der Waals surface area contributed by atoms with Crippen molar-refractivity contribution in [1.29, 1.82) is 0 Å². The number of carbonyl (C=O) groups is 1. The molecule has 31 heavy (non-hydrogen) atoms. The lowest BCUT2D eigenvalue weighted by Gasteiger charge is -2.24. The van der Waals surface area contributed by atoms with Gasteiger partial charge in [0, 0.05) is 43.2 Å². The molecule has 0 unspecified atom stereocenters. The number of pyridine rings is 1. The van der Waals surface area contributed by atoms with E-state index < -0.39 is 23.0 Å². The fourth-order valence-electron chi connectivity index (χ4n) is 3.35. The number of phenolic OH excluding ortho intramolecular Hbond substituents is 1. The molecule has 0 bridgehead atoms. The van der Waals surface area contributed by atoms with E-state index in [-0.39, 0.29) is 5.82 Å². The average molecular weight is 420 g/mol. The number of anilines is 2. The third-order valence-electron chi connectivity index (χ3n) is 4.93. The number of nitrogens with zero attached hydrogens (tertiary/aromatic N) is 4. The maximum Gasteiger partial charge on any atom is 0.263 e. The number of benzene rings is 1. The zero-order valence-electron chi connectivity index (χ0n) is 16.8. The van der Waals surface area contributed by atoms with E-state index in [4.69, 9.17) is 0 Å². The Kier molecular flexibility index (Phi) is 5.85. The fourth-order valence-corrected chi connectivity index (χ4v) is 3.35. The van der Waals surface area contributed by atoms with Crippen LogP contribution in [-0.4, -0.2) is 44.5 Å². The summed E-state index contributed by atoms with van der Waals surface area (Å²) in [4.78, 5) is 27.2. The molecule has 0 fully saturated rings. The summed E-state index contributed by atoms with van der Waals surface area (Å²) in [5.74, 6) is -1.89. The summed E-state index contributed by atoms with van der Waals surface area (Å²) in [7, 11) is 2.08. The van der Waals surface area contributed by atoms with Crippen molar-refractivity contribution >= 4 is 23.5 Å². The number of aromatic nitrogens is 3. The molecule has 8 nitrogen and oxygen atoms in total. The second-order valence-electron chi connectivity index (χ2n) is 7.21. The lowest BCUT2D eigenvalue weighted by molar-refractivity contribution is 0.102. The van der Waals surface area contributed by atoms with Gasteiger partial charge in [0.05, 0.1) is 11.9 Å². The predicted molar refractivity (Wildman–Crippen MR) is 115 cm³/mol. The van der Waals surface area contributed by atoms with Gasteiger partial charge >= 0.3 is 0 Å². The Morgan fingerprint density at radius 2 is 2.16 bits per heavy atom. The Morgan fingerprint density at radius 3 is 3.00 bits per heavy atom. The first kappa shape index (κ1) is 20.4. The van der Waals surface area contributed by atoms with Gasteiger partial charge in [0.25, 0.3) is 5.91 Å². The van der Waals surface area contributed by atoms with Crippen LogP contribution in [0.4, 0.5) is 15.9 Å². The SMILES string of the molecule is CN1CCc2ncc(NC=Cc3cncnc3NC(=O)c3c(O)cccc3F)cc2C1. The van der Waals surface area contributed by atoms with Gasteiger partial charge in [0.1, 0.15) is 29.3 Å². The van der Waals surface area contributed by atoms with E-state index in [9.17, 15) is 14.3 Å². The second-order valence-corrected chi connectivity index (χ2v) is 7.21. The smallest absolute Gasteiger partial charge is 0.263 e. The van der Waals surface area contributed by atoms with Crippen molar-refractivity contribution in [2.75, 3.05) is 24.2 Å². The highest BCUT2D eigenvalue weighted by atomic mass is 19.1. The fraction of sp³-hybridized carbons (Fsp3) is 0.182. The number of hydrogen-bond donors (Lipinski definition) is 3. The summed E-state index contributed by atoms with van der Waals surface area (Å²) in [5.41, 5.74) is 3.20. The Morgan fingerprint density at radius 1 is 1.29 bits per heavy atom. The van der Waals surface area contributed by atoms with E-state index in [1.54, 1.807) is 18.5 Å². The highest BCUT2D eigenvalue weighted by Crippen LogP contribution is 2.23. The number of nitrogens with one attached hydrogen (secondary N) is 2. The van der Waals surface area contributed by atoms with E-state index >= 15 is 0 Å². The van der Waals surface area contributed by atoms with E-state index in [0.717, 1.165) is 37.0 Å². The van der Waals surface area contributed by atoms with Crippen molar-refractivity contribution in [1.82, 2.24) is 19.9 Å². The molecule has 0 spiro atoms. The van der Waals surface area contributed by atoms with Crippen molar-refractivity contribution in [2.24, 2.45) is 0 Å². The largest absolute Gasteiger partial charge is 0.507 e. The van der Waals surface area contributed by atoms with Crippen molar-refractivity contribution in [2.45, 2.75) is 13.0 Å². The van der Waals surface area contributed by atoms with Crippen LogP contribution in [0.5, 0.6) is 5.75 Å². The van der Waals surface area contributed by atoms with Crippen LogP contribution in [0.1, 0.15) is 27.2 Å². The number of aromatic hydroxyl groups is 1. The van der Waals surface area contributed by atoms with Crippen LogP contribution in [0.2, 0.25) is 0 Å². The minimum Gasteiger partial charge on any atom is -0.507 e. The summed E-state index contributed by atoms with van der Waals surface area (Å²) in [6, 6.07) is 5.73. The molecule has 0 atom stereocenters. The van der Waals surface area contributed by atoms with Gasteiger partial charge in [-0.3, -0.25) is 9.78 Å². The summed E-state index contributed by atoms with van der Waals surface area (Å²) in [6.45, 7) is 1.85.